The smallest absolute Gasteiger partial charge is 0.208 e. The number of aromatic nitrogens is 1. The lowest BCUT2D eigenvalue weighted by Crippen LogP contribution is -2.52. The molecule has 0 spiro atoms. The van der Waals surface area contributed by atoms with E-state index in [1.165, 1.54) is 0 Å². The van der Waals surface area contributed by atoms with Crippen LogP contribution in [0.25, 0.3) is 0 Å². The van der Waals surface area contributed by atoms with Crippen LogP contribution >= 0.6 is 0 Å². The van der Waals surface area contributed by atoms with Gasteiger partial charge in [-0.1, -0.05) is 13.8 Å². The summed E-state index contributed by atoms with van der Waals surface area (Å²) in [5.74, 6) is 2.22. The molecule has 1 unspecified atom stereocenters. The summed E-state index contributed by atoms with van der Waals surface area (Å²) in [5, 5.41) is 0. The highest BCUT2D eigenvalue weighted by molar-refractivity contribution is 4.99. The second-order valence-corrected chi connectivity index (χ2v) is 5.92. The summed E-state index contributed by atoms with van der Waals surface area (Å²) in [7, 11) is 1.76. The van der Waals surface area contributed by atoms with Gasteiger partial charge in [0.1, 0.15) is 5.76 Å². The lowest BCUT2D eigenvalue weighted by atomic mass is 10.2. The number of rotatable bonds is 6. The van der Waals surface area contributed by atoms with Gasteiger partial charge in [-0.25, -0.2) is 4.98 Å². The molecule has 1 aromatic rings. The van der Waals surface area contributed by atoms with Crippen molar-refractivity contribution >= 4 is 0 Å². The van der Waals surface area contributed by atoms with E-state index in [4.69, 9.17) is 9.15 Å². The van der Waals surface area contributed by atoms with E-state index in [2.05, 4.69) is 35.6 Å². The van der Waals surface area contributed by atoms with E-state index in [0.29, 0.717) is 12.0 Å². The van der Waals surface area contributed by atoms with Crippen LogP contribution in [-0.2, 0) is 11.3 Å². The van der Waals surface area contributed by atoms with E-state index < -0.39 is 0 Å². The first-order valence-electron chi connectivity index (χ1n) is 7.50. The molecule has 1 aromatic heterocycles. The van der Waals surface area contributed by atoms with Gasteiger partial charge in [-0.2, -0.15) is 0 Å². The molecule has 1 atom stereocenters. The van der Waals surface area contributed by atoms with Crippen LogP contribution in [0.1, 0.15) is 38.3 Å². The number of hydrogen-bond donors (Lipinski definition) is 0. The molecular formula is C15H27N3O2. The molecule has 0 N–H and O–H groups in total. The molecule has 1 aliphatic rings. The Morgan fingerprint density at radius 1 is 1.45 bits per heavy atom. The minimum Gasteiger partial charge on any atom is -0.444 e. The number of nitrogens with zero attached hydrogens (tertiary/aromatic N) is 3. The maximum absolute atomic E-state index is 5.79. The predicted molar refractivity (Wildman–Crippen MR) is 78.8 cm³/mol. The van der Waals surface area contributed by atoms with Gasteiger partial charge in [-0.3, -0.25) is 9.80 Å². The average molecular weight is 281 g/mol. The summed E-state index contributed by atoms with van der Waals surface area (Å²) >= 11 is 0. The Morgan fingerprint density at radius 2 is 2.25 bits per heavy atom. The molecule has 0 amide bonds. The van der Waals surface area contributed by atoms with Crippen molar-refractivity contribution in [3.05, 3.63) is 17.8 Å². The van der Waals surface area contributed by atoms with Gasteiger partial charge in [-0.15, -0.1) is 0 Å². The van der Waals surface area contributed by atoms with Crippen LogP contribution in [0.5, 0.6) is 0 Å². The highest BCUT2D eigenvalue weighted by atomic mass is 16.5. The van der Waals surface area contributed by atoms with Gasteiger partial charge in [0.2, 0.25) is 5.89 Å². The zero-order chi connectivity index (χ0) is 14.5. The molecule has 2 heterocycles. The highest BCUT2D eigenvalue weighted by Gasteiger charge is 2.24. The second-order valence-electron chi connectivity index (χ2n) is 5.92. The monoisotopic (exact) mass is 281 g/mol. The standard InChI is InChI=1S/C15H27N3O2/c1-12(2)14-9-16-15(20-14)11-17-5-6-18(7-8-19-4)13(3)10-17/h9,12-13H,5-8,10-11H2,1-4H3. The minimum absolute atomic E-state index is 0.404. The van der Waals surface area contributed by atoms with Crippen LogP contribution in [0.4, 0.5) is 0 Å². The second kappa shape index (κ2) is 7.20. The SMILES string of the molecule is COCCN1CCN(Cc2ncc(C(C)C)o2)CC1C. The molecule has 0 radical (unpaired) electrons. The molecule has 20 heavy (non-hydrogen) atoms. The Hall–Kier alpha value is -0.910. The van der Waals surface area contributed by atoms with Crippen molar-refractivity contribution in [1.82, 2.24) is 14.8 Å². The number of methoxy groups -OCH3 is 1. The third-order valence-corrected chi connectivity index (χ3v) is 3.93. The lowest BCUT2D eigenvalue weighted by Gasteiger charge is -2.39. The number of hydrogen-bond acceptors (Lipinski definition) is 5. The molecule has 0 aromatic carbocycles. The van der Waals surface area contributed by atoms with Gasteiger partial charge in [-0.05, 0) is 6.92 Å². The first-order valence-corrected chi connectivity index (χ1v) is 7.50. The predicted octanol–water partition coefficient (Wildman–Crippen LogP) is 1.95. The Morgan fingerprint density at radius 3 is 2.85 bits per heavy atom. The first kappa shape index (κ1) is 15.5. The largest absolute Gasteiger partial charge is 0.444 e. The maximum atomic E-state index is 5.79. The van der Waals surface area contributed by atoms with E-state index in [-0.39, 0.29) is 0 Å². The summed E-state index contributed by atoms with van der Waals surface area (Å²) < 4.78 is 10.9. The van der Waals surface area contributed by atoms with Gasteiger partial charge >= 0.3 is 0 Å². The van der Waals surface area contributed by atoms with E-state index in [1.807, 2.05) is 6.20 Å². The maximum Gasteiger partial charge on any atom is 0.208 e. The molecule has 1 fully saturated rings. The Kier molecular flexibility index (Phi) is 5.57. The molecule has 5 heteroatoms. The van der Waals surface area contributed by atoms with Crippen molar-refractivity contribution in [1.29, 1.82) is 0 Å². The zero-order valence-electron chi connectivity index (χ0n) is 13.1. The normalized spacial score (nSPS) is 21.8. The molecule has 0 bridgehead atoms. The van der Waals surface area contributed by atoms with Gasteiger partial charge < -0.3 is 9.15 Å². The quantitative estimate of drug-likeness (QED) is 0.797. The van der Waals surface area contributed by atoms with Crippen LogP contribution in [0, 0.1) is 0 Å². The topological polar surface area (TPSA) is 41.7 Å². The fourth-order valence-electron chi connectivity index (χ4n) is 2.61. The van der Waals surface area contributed by atoms with Crippen molar-refractivity contribution in [3.63, 3.8) is 0 Å². The van der Waals surface area contributed by atoms with Crippen LogP contribution < -0.4 is 0 Å². The molecular weight excluding hydrogens is 254 g/mol. The van der Waals surface area contributed by atoms with Crippen molar-refractivity contribution in [2.45, 2.75) is 39.3 Å². The zero-order valence-corrected chi connectivity index (χ0v) is 13.1. The van der Waals surface area contributed by atoms with Crippen molar-refractivity contribution in [3.8, 4) is 0 Å². The van der Waals surface area contributed by atoms with Crippen molar-refractivity contribution in [2.75, 3.05) is 39.9 Å². The Balaban J connectivity index is 1.83. The van der Waals surface area contributed by atoms with Gasteiger partial charge in [0.05, 0.1) is 19.3 Å². The minimum atomic E-state index is 0.404. The summed E-state index contributed by atoms with van der Waals surface area (Å²) in [6.45, 7) is 12.4. The van der Waals surface area contributed by atoms with E-state index in [1.54, 1.807) is 7.11 Å². The van der Waals surface area contributed by atoms with Crippen LogP contribution in [0.15, 0.2) is 10.6 Å². The summed E-state index contributed by atoms with van der Waals surface area (Å²) in [4.78, 5) is 9.29. The van der Waals surface area contributed by atoms with Crippen molar-refractivity contribution < 1.29 is 9.15 Å². The van der Waals surface area contributed by atoms with Crippen LogP contribution in [0.2, 0.25) is 0 Å². The number of oxazole rings is 1. The van der Waals surface area contributed by atoms with E-state index >= 15 is 0 Å². The third kappa shape index (κ3) is 4.04. The average Bonchev–Trinajstić information content (AvgIpc) is 2.86. The fourth-order valence-corrected chi connectivity index (χ4v) is 2.61. The summed E-state index contributed by atoms with van der Waals surface area (Å²) in [6, 6.07) is 0.554. The first-order chi connectivity index (χ1) is 9.60. The summed E-state index contributed by atoms with van der Waals surface area (Å²) in [5.41, 5.74) is 0. The van der Waals surface area contributed by atoms with Crippen LogP contribution in [-0.4, -0.2) is 60.7 Å². The highest BCUT2D eigenvalue weighted by Crippen LogP contribution is 2.17. The molecule has 0 saturated carbocycles. The Bertz CT molecular complexity index is 406. The fraction of sp³-hybridized carbons (Fsp3) is 0.800. The van der Waals surface area contributed by atoms with Gasteiger partial charge in [0, 0.05) is 45.2 Å². The summed E-state index contributed by atoms with van der Waals surface area (Å²) in [6.07, 6.45) is 1.86. The van der Waals surface area contributed by atoms with Gasteiger partial charge in [0.25, 0.3) is 0 Å². The van der Waals surface area contributed by atoms with Crippen LogP contribution in [0.3, 0.4) is 0 Å². The number of piperazine rings is 1. The molecule has 1 saturated heterocycles. The molecule has 114 valence electrons. The van der Waals surface area contributed by atoms with E-state index in [9.17, 15) is 0 Å². The molecule has 0 aliphatic carbocycles. The van der Waals surface area contributed by atoms with E-state index in [0.717, 1.165) is 51.0 Å². The Labute approximate surface area is 121 Å². The lowest BCUT2D eigenvalue weighted by molar-refractivity contribution is 0.0519. The third-order valence-electron chi connectivity index (χ3n) is 3.93. The van der Waals surface area contributed by atoms with Crippen molar-refractivity contribution in [2.24, 2.45) is 0 Å². The molecule has 1 aliphatic heterocycles. The molecule has 5 nitrogen and oxygen atoms in total. The van der Waals surface area contributed by atoms with Gasteiger partial charge in [0.15, 0.2) is 0 Å². The number of ether oxygens (including phenoxy) is 1. The molecule has 2 rings (SSSR count).